The summed E-state index contributed by atoms with van der Waals surface area (Å²) in [4.78, 5) is 0. The van der Waals surface area contributed by atoms with Crippen molar-refractivity contribution in [2.45, 2.75) is 65.2 Å². The van der Waals surface area contributed by atoms with Gasteiger partial charge in [-0.3, -0.25) is 0 Å². The van der Waals surface area contributed by atoms with Crippen LogP contribution in [-0.4, -0.2) is 198 Å². The van der Waals surface area contributed by atoms with Gasteiger partial charge in [-0.2, -0.15) is 5.90 Å². The van der Waals surface area contributed by atoms with E-state index in [4.69, 9.17) is 71.1 Å². The van der Waals surface area contributed by atoms with E-state index in [-0.39, 0.29) is 13.2 Å². The molecule has 0 aliphatic heterocycles. The van der Waals surface area contributed by atoms with Crippen molar-refractivity contribution in [3.8, 4) is 5.75 Å². The van der Waals surface area contributed by atoms with E-state index in [1.807, 2.05) is 6.92 Å². The van der Waals surface area contributed by atoms with Crippen LogP contribution in [0.15, 0.2) is 24.3 Å². The minimum absolute atomic E-state index is 0.0846. The molecule has 1 unspecified atom stereocenters. The van der Waals surface area contributed by atoms with Crippen LogP contribution in [0.2, 0.25) is 0 Å². The molecule has 3 N–H and O–H groups in total. The topological polar surface area (TPSA) is 222 Å². The molecule has 405 valence electrons. The molecule has 20 nitrogen and oxygen atoms in total. The maximum Gasteiger partial charge on any atom is 0.597 e. The van der Waals surface area contributed by atoms with E-state index in [2.05, 4.69) is 51.6 Å². The Labute approximate surface area is 414 Å². The molecule has 0 saturated carbocycles. The largest absolute Gasteiger partial charge is 0.597 e. The van der Waals surface area contributed by atoms with Gasteiger partial charge in [-0.15, -0.1) is 4.18 Å². The quantitative estimate of drug-likeness (QED) is 0.0540. The monoisotopic (exact) mass is 1020 g/mol. The fraction of sp³-hybridized carbons (Fsp3) is 0.833. The van der Waals surface area contributed by atoms with Gasteiger partial charge in [0.05, 0.1) is 189 Å². The van der Waals surface area contributed by atoms with Crippen molar-refractivity contribution in [1.82, 2.24) is 0 Å². The lowest BCUT2D eigenvalue weighted by Crippen LogP contribution is -2.53. The first kappa shape index (κ1) is 65.2. The van der Waals surface area contributed by atoms with Gasteiger partial charge in [0.15, 0.2) is 0 Å². The number of aryl methyl sites for hydroxylation is 1. The number of hydrogen-bond acceptors (Lipinski definition) is 18. The molecule has 0 bridgehead atoms. The Bertz CT molecular complexity index is 1290. The Hall–Kier alpha value is -1.81. The first-order chi connectivity index (χ1) is 34.0. The predicted molar refractivity (Wildman–Crippen MR) is 258 cm³/mol. The number of hydrogen-bond donors (Lipinski definition) is 1. The fourth-order valence-corrected chi connectivity index (χ4v) is 6.22. The minimum Gasteiger partial charge on any atom is -0.491 e. The molecule has 0 amide bonds. The van der Waals surface area contributed by atoms with E-state index in [0.717, 1.165) is 17.7 Å². The van der Waals surface area contributed by atoms with Gasteiger partial charge in [-0.05, 0) is 37.5 Å². The molecule has 0 aromatic heterocycles. The molecule has 1 atom stereocenters. The van der Waals surface area contributed by atoms with Crippen LogP contribution in [0.25, 0.3) is 6.08 Å². The average molecular weight is 1020 g/mol. The predicted octanol–water partition coefficient (Wildman–Crippen LogP) is 4.49. The lowest BCUT2D eigenvalue weighted by molar-refractivity contribution is -0.640. The van der Waals surface area contributed by atoms with Crippen LogP contribution in [0.5, 0.6) is 5.75 Å². The van der Waals surface area contributed by atoms with Gasteiger partial charge in [-0.25, -0.2) is 0 Å². The highest BCUT2D eigenvalue weighted by Gasteiger charge is 2.35. The summed E-state index contributed by atoms with van der Waals surface area (Å²) in [5.74, 6) is 3.67. The molecule has 69 heavy (non-hydrogen) atoms. The number of unbranched alkanes of at least 4 members (excludes halogenated alkanes) is 6. The number of allylic oxidation sites excluding steroid dienone is 1. The molecule has 21 heteroatoms. The summed E-state index contributed by atoms with van der Waals surface area (Å²) >= 11 is 0. The van der Waals surface area contributed by atoms with E-state index < -0.39 is 10.8 Å². The Morgan fingerprint density at radius 2 is 0.739 bits per heavy atom. The van der Waals surface area contributed by atoms with Crippen LogP contribution in [0, 0.1) is 0 Å². The Morgan fingerprint density at radius 1 is 0.435 bits per heavy atom. The molecular formula is C48H90NO19S+2. The average Bonchev–Trinajstić information content (AvgIpc) is 3.35. The highest BCUT2D eigenvalue weighted by atomic mass is 32.3. The fourth-order valence-electron chi connectivity index (χ4n) is 5.88. The summed E-state index contributed by atoms with van der Waals surface area (Å²) in [6, 6.07) is 6.53. The Kier molecular flexibility index (Phi) is 49.6. The zero-order valence-corrected chi connectivity index (χ0v) is 42.9. The number of ether oxygens (including phenoxy) is 15. The van der Waals surface area contributed by atoms with Crippen LogP contribution in [-0.2, 0) is 101 Å². The standard InChI is InChI=1S/C48H90NO19S/c1-3-5-6-7-8-9-10-12-46-13-14-48(47(45-46)11-4-2)66-43-41-64-39-37-62-35-33-60-31-29-58-27-25-56-23-21-54-19-17-52-15-16-53-18-20-55-22-24-57-26-28-59-30-32-61-34-36-63-38-40-65-42-44-67-69(50,51)68-49/h4,11,13-14,45H,3,5-10,12,15-44H2,1-2,49H3/q+2/b11-4+. The van der Waals surface area contributed by atoms with E-state index in [9.17, 15) is 8.76 Å². The first-order valence-corrected chi connectivity index (χ1v) is 26.2. The Balaban J connectivity index is 1.71. The molecule has 1 aromatic rings. The third-order valence-corrected chi connectivity index (χ3v) is 10.2. The summed E-state index contributed by atoms with van der Waals surface area (Å²) in [5, 5.41) is 0. The zero-order chi connectivity index (χ0) is 49.7. The van der Waals surface area contributed by atoms with Crippen LogP contribution < -0.4 is 10.6 Å². The molecule has 1 rings (SSSR count). The second kappa shape index (κ2) is 52.5. The van der Waals surface area contributed by atoms with Crippen molar-refractivity contribution in [2.24, 2.45) is 0 Å². The maximum atomic E-state index is 10.9. The van der Waals surface area contributed by atoms with Crippen molar-refractivity contribution in [2.75, 3.05) is 198 Å². The van der Waals surface area contributed by atoms with Gasteiger partial charge >= 0.3 is 10.8 Å². The second-order valence-electron chi connectivity index (χ2n) is 15.0. The molecule has 0 aliphatic rings. The van der Waals surface area contributed by atoms with Crippen LogP contribution in [0.1, 0.15) is 69.9 Å². The van der Waals surface area contributed by atoms with Crippen molar-refractivity contribution < 1.29 is 94.2 Å². The van der Waals surface area contributed by atoms with Gasteiger partial charge in [0.2, 0.25) is 0 Å². The van der Waals surface area contributed by atoms with Crippen molar-refractivity contribution in [3.05, 3.63) is 35.4 Å². The van der Waals surface area contributed by atoms with Crippen molar-refractivity contribution in [1.29, 1.82) is 0 Å². The van der Waals surface area contributed by atoms with Gasteiger partial charge in [-0.1, -0.05) is 63.7 Å². The number of quaternary nitrogens is 1. The number of benzene rings is 1. The highest BCUT2D eigenvalue weighted by molar-refractivity contribution is 7.88. The minimum atomic E-state index is -4.04. The first-order valence-electron chi connectivity index (χ1n) is 24.8. The Morgan fingerprint density at radius 3 is 1.06 bits per heavy atom. The molecule has 1 radical (unpaired) electrons. The maximum absolute atomic E-state index is 10.9. The summed E-state index contributed by atoms with van der Waals surface area (Å²) < 4.78 is 113. The molecule has 0 spiro atoms. The summed E-state index contributed by atoms with van der Waals surface area (Å²) in [5.41, 5.74) is 2.49. The highest BCUT2D eigenvalue weighted by Crippen LogP contribution is 2.23. The lowest BCUT2D eigenvalue weighted by Gasteiger charge is -2.12. The van der Waals surface area contributed by atoms with E-state index >= 15 is 0 Å². The second-order valence-corrected chi connectivity index (χ2v) is 16.3. The van der Waals surface area contributed by atoms with E-state index in [0.29, 0.717) is 185 Å². The third kappa shape index (κ3) is 47.0. The summed E-state index contributed by atoms with van der Waals surface area (Å²) in [6.45, 7) is 17.3. The van der Waals surface area contributed by atoms with Gasteiger partial charge in [0.25, 0.3) is 0 Å². The normalized spacial score (nSPS) is 12.7. The van der Waals surface area contributed by atoms with Crippen LogP contribution >= 0.6 is 0 Å². The van der Waals surface area contributed by atoms with E-state index in [1.165, 1.54) is 50.5 Å². The smallest absolute Gasteiger partial charge is 0.491 e. The zero-order valence-electron chi connectivity index (χ0n) is 42.1. The van der Waals surface area contributed by atoms with Gasteiger partial charge < -0.3 is 71.1 Å². The summed E-state index contributed by atoms with van der Waals surface area (Å²) in [7, 11) is -4.04. The molecule has 0 fully saturated rings. The molecule has 1 aromatic carbocycles. The summed E-state index contributed by atoms with van der Waals surface area (Å²) in [6.07, 6.45) is 14.5. The molecule has 0 heterocycles. The van der Waals surface area contributed by atoms with Crippen molar-refractivity contribution in [3.63, 3.8) is 0 Å². The third-order valence-electron chi connectivity index (χ3n) is 9.41. The van der Waals surface area contributed by atoms with Gasteiger partial charge in [0, 0.05) is 9.77 Å². The van der Waals surface area contributed by atoms with Crippen LogP contribution in [0.4, 0.5) is 0 Å². The number of rotatable bonds is 57. The SMILES string of the molecule is C/C=C/c1cc(CCCCCCCCC)ccc1OCCOCCOCCOCCOCCOCCOCCOCCOCCOCCOCCOCCOCCOCCOCCO[S+]([O])(=O)O[NH3+]. The molecular weight excluding hydrogens is 927 g/mol. The van der Waals surface area contributed by atoms with Crippen LogP contribution in [0.3, 0.4) is 0 Å². The molecule has 0 aliphatic carbocycles. The lowest BCUT2D eigenvalue weighted by atomic mass is 10.0. The van der Waals surface area contributed by atoms with E-state index in [1.54, 1.807) is 0 Å². The van der Waals surface area contributed by atoms with Gasteiger partial charge in [0.1, 0.15) is 23.5 Å². The molecule has 0 saturated heterocycles. The van der Waals surface area contributed by atoms with Crippen molar-refractivity contribution >= 4 is 16.9 Å².